The fourth-order valence-electron chi connectivity index (χ4n) is 0.787. The van der Waals surface area contributed by atoms with Crippen LogP contribution in [0.5, 0.6) is 0 Å². The first-order valence-corrected chi connectivity index (χ1v) is 4.84. The number of thiazole rings is 1. The van der Waals surface area contributed by atoms with Crippen molar-refractivity contribution in [1.82, 2.24) is 14.8 Å². The Morgan fingerprint density at radius 3 is 2.92 bits per heavy atom. The maximum absolute atomic E-state index is 5.47. The Bertz CT molecular complexity index is 355. The van der Waals surface area contributed by atoms with E-state index in [1.165, 1.54) is 11.3 Å². The van der Waals surface area contributed by atoms with Gasteiger partial charge in [-0.2, -0.15) is 5.10 Å². The lowest BCUT2D eigenvalue weighted by Crippen LogP contribution is -1.93. The fourth-order valence-corrected chi connectivity index (χ4v) is 1.72. The molecule has 2 rings (SSSR count). The Kier molecular flexibility index (Phi) is 1.86. The van der Waals surface area contributed by atoms with E-state index in [1.807, 2.05) is 6.20 Å². The van der Waals surface area contributed by atoms with Gasteiger partial charge >= 0.3 is 0 Å². The second kappa shape index (κ2) is 2.87. The third kappa shape index (κ3) is 1.35. The zero-order valence-corrected chi connectivity index (χ0v) is 8.34. The lowest BCUT2D eigenvalue weighted by atomic mass is 10.7. The molecule has 0 unspecified atom stereocenters. The number of halogens is 1. The van der Waals surface area contributed by atoms with Crippen molar-refractivity contribution in [3.8, 4) is 5.13 Å². The fraction of sp³-hybridized carbons (Fsp3) is 0. The van der Waals surface area contributed by atoms with E-state index < -0.39 is 0 Å². The van der Waals surface area contributed by atoms with Crippen molar-refractivity contribution in [2.75, 3.05) is 5.73 Å². The summed E-state index contributed by atoms with van der Waals surface area (Å²) in [6.07, 6.45) is 3.54. The zero-order valence-electron chi connectivity index (χ0n) is 5.94. The molecule has 2 aromatic rings. The van der Waals surface area contributed by atoms with E-state index in [1.54, 1.807) is 16.3 Å². The van der Waals surface area contributed by atoms with Gasteiger partial charge in [-0.15, -0.1) is 11.3 Å². The molecule has 0 saturated heterocycles. The van der Waals surface area contributed by atoms with Crippen LogP contribution >= 0.6 is 27.3 Å². The van der Waals surface area contributed by atoms with E-state index in [-0.39, 0.29) is 0 Å². The van der Waals surface area contributed by atoms with Crippen LogP contribution in [-0.2, 0) is 0 Å². The zero-order chi connectivity index (χ0) is 8.55. The van der Waals surface area contributed by atoms with E-state index in [2.05, 4.69) is 26.0 Å². The van der Waals surface area contributed by atoms with Crippen LogP contribution in [0.4, 0.5) is 5.82 Å². The van der Waals surface area contributed by atoms with E-state index in [4.69, 9.17) is 5.73 Å². The molecule has 0 aliphatic heterocycles. The van der Waals surface area contributed by atoms with Gasteiger partial charge in [0.1, 0.15) is 5.82 Å². The number of nitrogens with two attached hydrogens (primary N) is 1. The monoisotopic (exact) mass is 244 g/mol. The second-order valence-electron chi connectivity index (χ2n) is 2.16. The summed E-state index contributed by atoms with van der Waals surface area (Å²) in [5, 5.41) is 6.62. The second-order valence-corrected chi connectivity index (χ2v) is 3.91. The maximum Gasteiger partial charge on any atom is 0.212 e. The Morgan fingerprint density at radius 2 is 2.42 bits per heavy atom. The number of nitrogen functional groups attached to an aromatic ring is 1. The topological polar surface area (TPSA) is 56.7 Å². The molecule has 0 atom stereocenters. The normalized spacial score (nSPS) is 10.4. The van der Waals surface area contributed by atoms with Crippen LogP contribution in [0.15, 0.2) is 22.2 Å². The largest absolute Gasteiger partial charge is 0.383 e. The molecule has 12 heavy (non-hydrogen) atoms. The summed E-state index contributed by atoms with van der Waals surface area (Å²) in [6.45, 7) is 0. The third-order valence-corrected chi connectivity index (χ3v) is 2.51. The van der Waals surface area contributed by atoms with Crippen LogP contribution in [0.3, 0.4) is 0 Å². The quantitative estimate of drug-likeness (QED) is 0.831. The number of rotatable bonds is 1. The molecule has 6 heteroatoms. The average Bonchev–Trinajstić information content (AvgIpc) is 2.58. The molecule has 0 amide bonds. The number of aromatic nitrogens is 3. The van der Waals surface area contributed by atoms with Gasteiger partial charge in [-0.25, -0.2) is 9.67 Å². The smallest absolute Gasteiger partial charge is 0.212 e. The van der Waals surface area contributed by atoms with Crippen LogP contribution in [0, 0.1) is 0 Å². The van der Waals surface area contributed by atoms with Gasteiger partial charge in [0.2, 0.25) is 5.13 Å². The predicted octanol–water partition coefficient (Wildman–Crippen LogP) is 1.67. The summed E-state index contributed by atoms with van der Waals surface area (Å²) < 4.78 is 2.60. The van der Waals surface area contributed by atoms with E-state index in [0.29, 0.717) is 5.82 Å². The lowest BCUT2D eigenvalue weighted by molar-refractivity contribution is 0.870. The summed E-state index contributed by atoms with van der Waals surface area (Å²) in [6, 6.07) is 0. The molecule has 4 nitrogen and oxygen atoms in total. The van der Waals surface area contributed by atoms with Crippen LogP contribution in [0.2, 0.25) is 0 Å². The molecule has 0 aromatic carbocycles. The van der Waals surface area contributed by atoms with E-state index >= 15 is 0 Å². The van der Waals surface area contributed by atoms with Crippen molar-refractivity contribution in [2.24, 2.45) is 0 Å². The van der Waals surface area contributed by atoms with Crippen LogP contribution in [-0.4, -0.2) is 14.8 Å². The highest BCUT2D eigenvalue weighted by molar-refractivity contribution is 9.10. The summed E-state index contributed by atoms with van der Waals surface area (Å²) in [7, 11) is 0. The van der Waals surface area contributed by atoms with Gasteiger partial charge in [0.25, 0.3) is 0 Å². The molecule has 62 valence electrons. The Balaban J connectivity index is 2.43. The van der Waals surface area contributed by atoms with Crippen molar-refractivity contribution < 1.29 is 0 Å². The highest BCUT2D eigenvalue weighted by Gasteiger charge is 2.02. The standard InChI is InChI=1S/C6H5BrN4S/c7-4-1-9-11(2-4)6-10-5(8)3-12-6/h1-3H,8H2. The molecule has 0 spiro atoms. The van der Waals surface area contributed by atoms with E-state index in [9.17, 15) is 0 Å². The molecule has 2 aromatic heterocycles. The summed E-state index contributed by atoms with van der Waals surface area (Å²) in [5.74, 6) is 0.529. The van der Waals surface area contributed by atoms with Crippen molar-refractivity contribution in [3.05, 3.63) is 22.2 Å². The van der Waals surface area contributed by atoms with Gasteiger partial charge in [-0.1, -0.05) is 0 Å². The minimum Gasteiger partial charge on any atom is -0.383 e. The number of hydrogen-bond donors (Lipinski definition) is 1. The van der Waals surface area contributed by atoms with Gasteiger partial charge in [0.05, 0.1) is 10.7 Å². The summed E-state index contributed by atoms with van der Waals surface area (Å²) in [5.41, 5.74) is 5.47. The molecule has 0 aliphatic carbocycles. The van der Waals surface area contributed by atoms with Gasteiger partial charge < -0.3 is 5.73 Å². The predicted molar refractivity (Wildman–Crippen MR) is 51.3 cm³/mol. The molecular weight excluding hydrogens is 240 g/mol. The summed E-state index contributed by atoms with van der Waals surface area (Å²) >= 11 is 4.76. The molecule has 0 fully saturated rings. The number of nitrogens with zero attached hydrogens (tertiary/aromatic N) is 3. The van der Waals surface area contributed by atoms with Crippen LogP contribution in [0.1, 0.15) is 0 Å². The molecular formula is C6H5BrN4S. The van der Waals surface area contributed by atoms with Crippen molar-refractivity contribution in [2.45, 2.75) is 0 Å². The maximum atomic E-state index is 5.47. The van der Waals surface area contributed by atoms with E-state index in [0.717, 1.165) is 9.60 Å². The first-order valence-electron chi connectivity index (χ1n) is 3.17. The SMILES string of the molecule is Nc1csc(-n2cc(Br)cn2)n1. The van der Waals surface area contributed by atoms with Crippen LogP contribution in [0.25, 0.3) is 5.13 Å². The summed E-state index contributed by atoms with van der Waals surface area (Å²) in [4.78, 5) is 4.07. The van der Waals surface area contributed by atoms with Crippen LogP contribution < -0.4 is 5.73 Å². The van der Waals surface area contributed by atoms with Gasteiger partial charge in [-0.3, -0.25) is 0 Å². The lowest BCUT2D eigenvalue weighted by Gasteiger charge is -1.90. The molecule has 0 bridgehead atoms. The first kappa shape index (κ1) is 7.75. The third-order valence-electron chi connectivity index (χ3n) is 1.26. The van der Waals surface area contributed by atoms with Gasteiger partial charge in [0.15, 0.2) is 0 Å². The molecule has 0 saturated carbocycles. The number of anilines is 1. The Morgan fingerprint density at radius 1 is 1.58 bits per heavy atom. The highest BCUT2D eigenvalue weighted by atomic mass is 79.9. The Hall–Kier alpha value is -0.880. The van der Waals surface area contributed by atoms with Crippen molar-refractivity contribution in [1.29, 1.82) is 0 Å². The molecule has 0 aliphatic rings. The highest BCUT2D eigenvalue weighted by Crippen LogP contribution is 2.17. The minimum absolute atomic E-state index is 0.529. The molecule has 2 heterocycles. The number of hydrogen-bond acceptors (Lipinski definition) is 4. The molecule has 0 radical (unpaired) electrons. The minimum atomic E-state index is 0.529. The Labute approximate surface area is 81.2 Å². The first-order chi connectivity index (χ1) is 5.75. The van der Waals surface area contributed by atoms with Gasteiger partial charge in [0, 0.05) is 11.6 Å². The molecule has 2 N–H and O–H groups in total. The van der Waals surface area contributed by atoms with Crippen molar-refractivity contribution in [3.63, 3.8) is 0 Å². The van der Waals surface area contributed by atoms with Gasteiger partial charge in [-0.05, 0) is 15.9 Å². The van der Waals surface area contributed by atoms with Crippen molar-refractivity contribution >= 4 is 33.1 Å². The average molecular weight is 245 g/mol.